The van der Waals surface area contributed by atoms with Crippen LogP contribution >= 0.6 is 0 Å². The van der Waals surface area contributed by atoms with E-state index in [4.69, 9.17) is 0 Å². The van der Waals surface area contributed by atoms with Gasteiger partial charge in [0.2, 0.25) is 5.82 Å². The van der Waals surface area contributed by atoms with Gasteiger partial charge in [-0.2, -0.15) is 18.2 Å². The molecule has 1 fully saturated rings. The third-order valence-electron chi connectivity index (χ3n) is 5.80. The number of halogens is 3. The molecule has 2 aromatic carbocycles. The maximum Gasteiger partial charge on any atom is 0.471 e. The molecule has 10 heteroatoms. The zero-order chi connectivity index (χ0) is 24.4. The first-order valence-electron chi connectivity index (χ1n) is 11.0. The number of carbonyl (C=O) groups excluding carboxylic acids is 1. The summed E-state index contributed by atoms with van der Waals surface area (Å²) in [6.45, 7) is 2.23. The number of hydrogen-bond donors (Lipinski definition) is 0. The number of benzene rings is 2. The minimum Gasteiger partial charge on any atom is -0.353 e. The highest BCUT2D eigenvalue weighted by atomic mass is 19.4. The zero-order valence-corrected chi connectivity index (χ0v) is 18.4. The number of aromatic nitrogens is 3. The lowest BCUT2D eigenvalue weighted by Crippen LogP contribution is -2.49. The molecule has 7 nitrogen and oxygen atoms in total. The van der Waals surface area contributed by atoms with Gasteiger partial charge in [-0.15, -0.1) is 0 Å². The van der Waals surface area contributed by atoms with Gasteiger partial charge in [0, 0.05) is 43.5 Å². The van der Waals surface area contributed by atoms with Crippen molar-refractivity contribution in [1.82, 2.24) is 20.0 Å². The van der Waals surface area contributed by atoms with Crippen molar-refractivity contribution >= 4 is 11.7 Å². The number of rotatable bonds is 4. The van der Waals surface area contributed by atoms with E-state index >= 15 is 0 Å². The zero-order valence-electron chi connectivity index (χ0n) is 18.4. The smallest absolute Gasteiger partial charge is 0.353 e. The molecule has 1 saturated heterocycles. The van der Waals surface area contributed by atoms with Gasteiger partial charge in [-0.05, 0) is 35.4 Å². The van der Waals surface area contributed by atoms with Gasteiger partial charge >= 0.3 is 12.1 Å². The molecule has 0 unspecified atom stereocenters. The van der Waals surface area contributed by atoms with Gasteiger partial charge in [0.25, 0.3) is 5.91 Å². The molecule has 0 bridgehead atoms. The number of pyridine rings is 1. The van der Waals surface area contributed by atoms with Gasteiger partial charge in [0.15, 0.2) is 0 Å². The summed E-state index contributed by atoms with van der Waals surface area (Å²) in [4.78, 5) is 24.5. The topological polar surface area (TPSA) is 75.4 Å². The minimum atomic E-state index is -4.69. The van der Waals surface area contributed by atoms with E-state index in [-0.39, 0.29) is 11.7 Å². The first-order valence-corrected chi connectivity index (χ1v) is 11.0. The van der Waals surface area contributed by atoms with Crippen molar-refractivity contribution in [1.29, 1.82) is 0 Å². The molecule has 0 radical (unpaired) electrons. The predicted molar refractivity (Wildman–Crippen MR) is 123 cm³/mol. The average Bonchev–Trinajstić information content (AvgIpc) is 3.41. The predicted octanol–water partition coefficient (Wildman–Crippen LogP) is 4.78. The number of piperazine rings is 1. The van der Waals surface area contributed by atoms with E-state index in [0.29, 0.717) is 43.1 Å². The fourth-order valence-corrected chi connectivity index (χ4v) is 3.92. The Morgan fingerprint density at radius 2 is 1.49 bits per heavy atom. The number of anilines is 1. The van der Waals surface area contributed by atoms with E-state index in [0.717, 1.165) is 11.1 Å². The van der Waals surface area contributed by atoms with Crippen LogP contribution in [0.3, 0.4) is 0 Å². The van der Waals surface area contributed by atoms with Crippen LogP contribution in [0.1, 0.15) is 16.2 Å². The SMILES string of the molecule is O=C(c1ccc(-c2ccccc2)cc1)N1CCN(c2ccc(-c3noc(C(F)(F)F)n3)cn2)CC1. The van der Waals surface area contributed by atoms with E-state index in [1.807, 2.05) is 59.5 Å². The fourth-order valence-electron chi connectivity index (χ4n) is 3.92. The average molecular weight is 479 g/mol. The highest BCUT2D eigenvalue weighted by Crippen LogP contribution is 2.29. The van der Waals surface area contributed by atoms with Gasteiger partial charge in [-0.25, -0.2) is 4.98 Å². The van der Waals surface area contributed by atoms with Crippen LogP contribution < -0.4 is 4.90 Å². The molecule has 1 aliphatic heterocycles. The van der Waals surface area contributed by atoms with Gasteiger partial charge in [0.05, 0.1) is 0 Å². The largest absolute Gasteiger partial charge is 0.471 e. The van der Waals surface area contributed by atoms with Crippen LogP contribution in [0.4, 0.5) is 19.0 Å². The molecule has 0 atom stereocenters. The lowest BCUT2D eigenvalue weighted by molar-refractivity contribution is -0.159. The van der Waals surface area contributed by atoms with Crippen molar-refractivity contribution in [3.63, 3.8) is 0 Å². The first-order chi connectivity index (χ1) is 16.9. The Morgan fingerprint density at radius 3 is 2.09 bits per heavy atom. The Morgan fingerprint density at radius 1 is 0.829 bits per heavy atom. The molecule has 2 aromatic heterocycles. The van der Waals surface area contributed by atoms with Crippen molar-refractivity contribution in [2.24, 2.45) is 0 Å². The van der Waals surface area contributed by atoms with E-state index in [2.05, 4.69) is 19.6 Å². The highest BCUT2D eigenvalue weighted by Gasteiger charge is 2.38. The molecule has 0 N–H and O–H groups in total. The van der Waals surface area contributed by atoms with E-state index < -0.39 is 12.1 Å². The fraction of sp³-hybridized carbons (Fsp3) is 0.200. The quantitative estimate of drug-likeness (QED) is 0.419. The number of nitrogens with zero attached hydrogens (tertiary/aromatic N) is 5. The lowest BCUT2D eigenvalue weighted by Gasteiger charge is -2.35. The summed E-state index contributed by atoms with van der Waals surface area (Å²) in [5, 5.41) is 3.37. The maximum absolute atomic E-state index is 13.0. The van der Waals surface area contributed by atoms with Crippen LogP contribution in [0, 0.1) is 0 Å². The van der Waals surface area contributed by atoms with Crippen molar-refractivity contribution in [2.75, 3.05) is 31.1 Å². The van der Waals surface area contributed by atoms with Crippen LogP contribution in [0.15, 0.2) is 77.4 Å². The first kappa shape index (κ1) is 22.6. The molecular formula is C25H20F3N5O2. The molecule has 5 rings (SSSR count). The minimum absolute atomic E-state index is 0.0230. The van der Waals surface area contributed by atoms with Crippen molar-refractivity contribution in [2.45, 2.75) is 6.18 Å². The summed E-state index contributed by atoms with van der Waals surface area (Å²) in [5.41, 5.74) is 3.11. The molecule has 35 heavy (non-hydrogen) atoms. The molecule has 4 aromatic rings. The Kier molecular flexibility index (Phi) is 5.94. The molecule has 178 valence electrons. The lowest BCUT2D eigenvalue weighted by atomic mass is 10.0. The van der Waals surface area contributed by atoms with Crippen LogP contribution in [-0.4, -0.2) is 52.1 Å². The highest BCUT2D eigenvalue weighted by molar-refractivity contribution is 5.95. The third-order valence-corrected chi connectivity index (χ3v) is 5.80. The molecule has 1 aliphatic rings. The summed E-state index contributed by atoms with van der Waals surface area (Å²) >= 11 is 0. The van der Waals surface area contributed by atoms with Crippen molar-refractivity contribution < 1.29 is 22.5 Å². The van der Waals surface area contributed by atoms with E-state index in [1.165, 1.54) is 6.20 Å². The Bertz CT molecular complexity index is 1300. The third kappa shape index (κ3) is 4.86. The molecule has 3 heterocycles. The second kappa shape index (κ2) is 9.21. The van der Waals surface area contributed by atoms with Gasteiger partial charge in [0.1, 0.15) is 5.82 Å². The van der Waals surface area contributed by atoms with Crippen LogP contribution in [0.2, 0.25) is 0 Å². The summed E-state index contributed by atoms with van der Waals surface area (Å²) in [5.74, 6) is -0.935. The van der Waals surface area contributed by atoms with Gasteiger partial charge < -0.3 is 14.3 Å². The number of alkyl halides is 3. The Hall–Kier alpha value is -4.21. The second-order valence-electron chi connectivity index (χ2n) is 8.05. The van der Waals surface area contributed by atoms with Gasteiger partial charge in [-0.3, -0.25) is 4.79 Å². The Labute approximate surface area is 198 Å². The molecule has 0 saturated carbocycles. The molecule has 0 spiro atoms. The standard InChI is InChI=1S/C25H20F3N5O2/c26-25(27,28)24-30-22(31-35-24)20-10-11-21(29-16-20)32-12-14-33(15-13-32)23(34)19-8-6-18(7-9-19)17-4-2-1-3-5-17/h1-11,16H,12-15H2. The normalized spacial score (nSPS) is 14.3. The van der Waals surface area contributed by atoms with E-state index in [1.54, 1.807) is 17.0 Å². The summed E-state index contributed by atoms with van der Waals surface area (Å²) in [7, 11) is 0. The number of amides is 1. The van der Waals surface area contributed by atoms with Crippen molar-refractivity contribution in [3.8, 4) is 22.5 Å². The molecule has 0 aliphatic carbocycles. The maximum atomic E-state index is 13.0. The Balaban J connectivity index is 1.19. The van der Waals surface area contributed by atoms with Gasteiger partial charge in [-0.1, -0.05) is 47.6 Å². The number of carbonyl (C=O) groups is 1. The monoisotopic (exact) mass is 479 g/mol. The van der Waals surface area contributed by atoms with Crippen LogP contribution in [0.5, 0.6) is 0 Å². The molecular weight excluding hydrogens is 459 g/mol. The van der Waals surface area contributed by atoms with E-state index in [9.17, 15) is 18.0 Å². The molecule has 1 amide bonds. The second-order valence-corrected chi connectivity index (χ2v) is 8.05. The number of hydrogen-bond acceptors (Lipinski definition) is 6. The van der Waals surface area contributed by atoms with Crippen LogP contribution in [0.25, 0.3) is 22.5 Å². The summed E-state index contributed by atoms with van der Waals surface area (Å²) < 4.78 is 42.3. The summed E-state index contributed by atoms with van der Waals surface area (Å²) in [6.07, 6.45) is -3.29. The van der Waals surface area contributed by atoms with Crippen molar-refractivity contribution in [3.05, 3.63) is 84.4 Å². The summed E-state index contributed by atoms with van der Waals surface area (Å²) in [6, 6.07) is 20.9. The van der Waals surface area contributed by atoms with Crippen LogP contribution in [-0.2, 0) is 6.18 Å².